The highest BCUT2D eigenvalue weighted by Crippen LogP contribution is 2.32. The number of hydrogen-bond donors (Lipinski definition) is 1. The van der Waals surface area contributed by atoms with E-state index in [0.717, 1.165) is 30.2 Å². The van der Waals surface area contributed by atoms with Crippen molar-refractivity contribution >= 4 is 11.6 Å². The molecule has 76 valence electrons. The van der Waals surface area contributed by atoms with Crippen molar-refractivity contribution in [1.82, 2.24) is 5.32 Å². The Bertz CT molecular complexity index is 327. The van der Waals surface area contributed by atoms with Crippen molar-refractivity contribution < 1.29 is 4.74 Å². The molecule has 2 nitrogen and oxygen atoms in total. The Labute approximate surface area is 89.2 Å². The largest absolute Gasteiger partial charge is 0.372 e. The SMILES string of the molecule is CNC[C@H]1OCCc2cccc(Cl)c21. The first-order valence-corrected chi connectivity index (χ1v) is 5.24. The van der Waals surface area contributed by atoms with Gasteiger partial charge in [-0.1, -0.05) is 23.7 Å². The Hall–Kier alpha value is -0.570. The smallest absolute Gasteiger partial charge is 0.0966 e. The van der Waals surface area contributed by atoms with Crippen LogP contribution in [0.1, 0.15) is 17.2 Å². The molecule has 1 aliphatic rings. The second-order valence-corrected chi connectivity index (χ2v) is 3.89. The summed E-state index contributed by atoms with van der Waals surface area (Å²) >= 11 is 6.16. The van der Waals surface area contributed by atoms with Crippen molar-refractivity contribution in [3.63, 3.8) is 0 Å². The molecule has 0 radical (unpaired) electrons. The number of halogens is 1. The molecule has 2 rings (SSSR count). The molecule has 1 N–H and O–H groups in total. The lowest BCUT2D eigenvalue weighted by atomic mass is 9.97. The summed E-state index contributed by atoms with van der Waals surface area (Å²) < 4.78 is 5.68. The molecular weight excluding hydrogens is 198 g/mol. The fraction of sp³-hybridized carbons (Fsp3) is 0.455. The summed E-state index contributed by atoms with van der Waals surface area (Å²) in [7, 11) is 1.93. The van der Waals surface area contributed by atoms with E-state index in [1.54, 1.807) is 0 Å². The predicted molar refractivity (Wildman–Crippen MR) is 57.8 cm³/mol. The molecule has 1 aliphatic heterocycles. The first kappa shape index (κ1) is 9.97. The van der Waals surface area contributed by atoms with Crippen LogP contribution in [0.4, 0.5) is 0 Å². The molecule has 0 saturated carbocycles. The summed E-state index contributed by atoms with van der Waals surface area (Å²) in [6, 6.07) is 6.06. The molecule has 1 atom stereocenters. The van der Waals surface area contributed by atoms with Gasteiger partial charge in [-0.2, -0.15) is 0 Å². The van der Waals surface area contributed by atoms with E-state index in [-0.39, 0.29) is 6.10 Å². The zero-order valence-electron chi connectivity index (χ0n) is 8.22. The second-order valence-electron chi connectivity index (χ2n) is 3.48. The molecule has 1 heterocycles. The van der Waals surface area contributed by atoms with Gasteiger partial charge in [-0.3, -0.25) is 0 Å². The van der Waals surface area contributed by atoms with Crippen LogP contribution in [0.25, 0.3) is 0 Å². The average Bonchev–Trinajstić information content (AvgIpc) is 2.19. The topological polar surface area (TPSA) is 21.3 Å². The van der Waals surface area contributed by atoms with Crippen molar-refractivity contribution in [2.45, 2.75) is 12.5 Å². The third kappa shape index (κ3) is 1.78. The molecule has 0 aliphatic carbocycles. The number of rotatable bonds is 2. The van der Waals surface area contributed by atoms with Crippen molar-refractivity contribution in [2.24, 2.45) is 0 Å². The monoisotopic (exact) mass is 211 g/mol. The molecule has 0 amide bonds. The number of fused-ring (bicyclic) bond motifs is 1. The fourth-order valence-electron chi connectivity index (χ4n) is 1.90. The van der Waals surface area contributed by atoms with Gasteiger partial charge >= 0.3 is 0 Å². The Balaban J connectivity index is 2.36. The van der Waals surface area contributed by atoms with Gasteiger partial charge in [-0.25, -0.2) is 0 Å². The number of nitrogens with one attached hydrogen (secondary N) is 1. The fourth-order valence-corrected chi connectivity index (χ4v) is 2.22. The van der Waals surface area contributed by atoms with Gasteiger partial charge in [-0.05, 0) is 25.1 Å². The van der Waals surface area contributed by atoms with E-state index in [1.165, 1.54) is 5.56 Å². The lowest BCUT2D eigenvalue weighted by Crippen LogP contribution is -2.25. The number of ether oxygens (including phenoxy) is 1. The third-order valence-electron chi connectivity index (χ3n) is 2.55. The van der Waals surface area contributed by atoms with E-state index in [9.17, 15) is 0 Å². The second kappa shape index (κ2) is 4.30. The quantitative estimate of drug-likeness (QED) is 0.810. The maximum absolute atomic E-state index is 6.16. The highest BCUT2D eigenvalue weighted by molar-refractivity contribution is 6.31. The van der Waals surface area contributed by atoms with Crippen LogP contribution in [0, 0.1) is 0 Å². The van der Waals surface area contributed by atoms with E-state index >= 15 is 0 Å². The van der Waals surface area contributed by atoms with Crippen LogP contribution in [0.3, 0.4) is 0 Å². The summed E-state index contributed by atoms with van der Waals surface area (Å²) in [6.07, 6.45) is 1.08. The van der Waals surface area contributed by atoms with Crippen LogP contribution in [0.2, 0.25) is 5.02 Å². The molecular formula is C11H14ClNO. The van der Waals surface area contributed by atoms with Gasteiger partial charge in [0.05, 0.1) is 12.7 Å². The van der Waals surface area contributed by atoms with Gasteiger partial charge in [0, 0.05) is 17.1 Å². The van der Waals surface area contributed by atoms with Crippen molar-refractivity contribution in [1.29, 1.82) is 0 Å². The standard InChI is InChI=1S/C11H14ClNO/c1-13-7-10-11-8(5-6-14-10)3-2-4-9(11)12/h2-4,10,13H,5-7H2,1H3/t10-/m1/s1. The van der Waals surface area contributed by atoms with Gasteiger partial charge in [-0.15, -0.1) is 0 Å². The van der Waals surface area contributed by atoms with E-state index in [2.05, 4.69) is 11.4 Å². The van der Waals surface area contributed by atoms with Crippen molar-refractivity contribution in [3.8, 4) is 0 Å². The van der Waals surface area contributed by atoms with E-state index in [1.807, 2.05) is 19.2 Å². The van der Waals surface area contributed by atoms with Gasteiger partial charge in [0.1, 0.15) is 0 Å². The van der Waals surface area contributed by atoms with Crippen LogP contribution in [-0.2, 0) is 11.2 Å². The lowest BCUT2D eigenvalue weighted by molar-refractivity contribution is 0.0439. The van der Waals surface area contributed by atoms with E-state index < -0.39 is 0 Å². The molecule has 0 bridgehead atoms. The average molecular weight is 212 g/mol. The molecule has 0 unspecified atom stereocenters. The Kier molecular flexibility index (Phi) is 3.06. The maximum atomic E-state index is 6.16. The predicted octanol–water partition coefficient (Wildman–Crippen LogP) is 2.17. The molecule has 0 saturated heterocycles. The molecule has 1 aromatic rings. The highest BCUT2D eigenvalue weighted by atomic mass is 35.5. The molecule has 1 aromatic carbocycles. The van der Waals surface area contributed by atoms with Gasteiger partial charge in [0.2, 0.25) is 0 Å². The normalized spacial score (nSPS) is 20.6. The summed E-state index contributed by atoms with van der Waals surface area (Å²) in [5, 5.41) is 3.94. The minimum Gasteiger partial charge on any atom is -0.372 e. The number of hydrogen-bond acceptors (Lipinski definition) is 2. The zero-order chi connectivity index (χ0) is 9.97. The van der Waals surface area contributed by atoms with Crippen molar-refractivity contribution in [2.75, 3.05) is 20.2 Å². The van der Waals surface area contributed by atoms with E-state index in [4.69, 9.17) is 16.3 Å². The molecule has 0 aromatic heterocycles. The van der Waals surface area contributed by atoms with E-state index in [0.29, 0.717) is 0 Å². The van der Waals surface area contributed by atoms with Crippen LogP contribution in [0.15, 0.2) is 18.2 Å². The molecule has 0 spiro atoms. The summed E-state index contributed by atoms with van der Waals surface area (Å²) in [6.45, 7) is 1.61. The minimum atomic E-state index is 0.109. The van der Waals surface area contributed by atoms with Gasteiger partial charge in [0.15, 0.2) is 0 Å². The molecule has 14 heavy (non-hydrogen) atoms. The minimum absolute atomic E-state index is 0.109. The summed E-state index contributed by atoms with van der Waals surface area (Å²) in [5.74, 6) is 0. The van der Waals surface area contributed by atoms with Crippen LogP contribution < -0.4 is 5.32 Å². The lowest BCUT2D eigenvalue weighted by Gasteiger charge is -2.26. The Morgan fingerprint density at radius 1 is 1.57 bits per heavy atom. The first-order chi connectivity index (χ1) is 6.83. The summed E-state index contributed by atoms with van der Waals surface area (Å²) in [4.78, 5) is 0. The van der Waals surface area contributed by atoms with Crippen LogP contribution >= 0.6 is 11.6 Å². The number of likely N-dealkylation sites (N-methyl/N-ethyl adjacent to an activating group) is 1. The van der Waals surface area contributed by atoms with Gasteiger partial charge in [0.25, 0.3) is 0 Å². The molecule has 0 fully saturated rings. The summed E-state index contributed by atoms with van der Waals surface area (Å²) in [5.41, 5.74) is 2.48. The van der Waals surface area contributed by atoms with Crippen LogP contribution in [0.5, 0.6) is 0 Å². The highest BCUT2D eigenvalue weighted by Gasteiger charge is 2.22. The maximum Gasteiger partial charge on any atom is 0.0966 e. The van der Waals surface area contributed by atoms with Crippen LogP contribution in [-0.4, -0.2) is 20.2 Å². The first-order valence-electron chi connectivity index (χ1n) is 4.86. The third-order valence-corrected chi connectivity index (χ3v) is 2.87. The Morgan fingerprint density at radius 3 is 3.21 bits per heavy atom. The number of benzene rings is 1. The van der Waals surface area contributed by atoms with Gasteiger partial charge < -0.3 is 10.1 Å². The van der Waals surface area contributed by atoms with Crippen molar-refractivity contribution in [3.05, 3.63) is 34.3 Å². The zero-order valence-corrected chi connectivity index (χ0v) is 8.97. The molecule has 3 heteroatoms. The Morgan fingerprint density at radius 2 is 2.43 bits per heavy atom.